The summed E-state index contributed by atoms with van der Waals surface area (Å²) >= 11 is 0. The summed E-state index contributed by atoms with van der Waals surface area (Å²) in [5.74, 6) is 0.0758. The van der Waals surface area contributed by atoms with Crippen LogP contribution < -0.4 is 5.32 Å². The summed E-state index contributed by atoms with van der Waals surface area (Å²) in [5.41, 5.74) is 0. The normalized spacial score (nSPS) is 17.2. The number of hydrogen-bond acceptors (Lipinski definition) is 8. The van der Waals surface area contributed by atoms with Crippen LogP contribution in [0.1, 0.15) is 60.6 Å². The van der Waals surface area contributed by atoms with Gasteiger partial charge in [0.25, 0.3) is 0 Å². The minimum absolute atomic E-state index is 0.0729. The van der Waals surface area contributed by atoms with Gasteiger partial charge in [-0.3, -0.25) is 9.69 Å². The summed E-state index contributed by atoms with van der Waals surface area (Å²) in [6, 6.07) is 12.3. The molecule has 1 atom stereocenters. The number of furan rings is 1. The molecule has 3 aromatic rings. The van der Waals surface area contributed by atoms with E-state index >= 15 is 0 Å². The second kappa shape index (κ2) is 10.3. The number of nitrogens with zero attached hydrogens (tertiary/aromatic N) is 3. The highest BCUT2D eigenvalue weighted by molar-refractivity contribution is 7.90. The van der Waals surface area contributed by atoms with Crippen LogP contribution in [0.3, 0.4) is 0 Å². The third-order valence-electron chi connectivity index (χ3n) is 5.80. The minimum atomic E-state index is -3.63. The first-order valence-corrected chi connectivity index (χ1v) is 12.8. The molecule has 9 nitrogen and oxygen atoms in total. The van der Waals surface area contributed by atoms with Crippen molar-refractivity contribution < 1.29 is 22.2 Å². The molecule has 1 aliphatic rings. The van der Waals surface area contributed by atoms with Gasteiger partial charge in [0.1, 0.15) is 17.3 Å². The van der Waals surface area contributed by atoms with Gasteiger partial charge in [-0.05, 0) is 50.1 Å². The van der Waals surface area contributed by atoms with Gasteiger partial charge in [0, 0.05) is 6.04 Å². The van der Waals surface area contributed by atoms with Crippen molar-refractivity contribution in [3.8, 4) is 0 Å². The molecule has 1 unspecified atom stereocenters. The van der Waals surface area contributed by atoms with Gasteiger partial charge < -0.3 is 14.3 Å². The van der Waals surface area contributed by atoms with E-state index in [0.717, 1.165) is 25.3 Å². The first-order chi connectivity index (χ1) is 15.9. The lowest BCUT2D eigenvalue weighted by molar-refractivity contribution is 0.0903. The van der Waals surface area contributed by atoms with E-state index in [0.29, 0.717) is 11.8 Å². The second-order valence-electron chi connectivity index (χ2n) is 8.17. The van der Waals surface area contributed by atoms with E-state index in [1.54, 1.807) is 18.2 Å². The average Bonchev–Trinajstić information content (AvgIpc) is 3.48. The van der Waals surface area contributed by atoms with Crippen LogP contribution in [0.15, 0.2) is 56.3 Å². The molecule has 1 aliphatic heterocycles. The van der Waals surface area contributed by atoms with Gasteiger partial charge in [0.15, 0.2) is 15.7 Å². The number of aromatic nitrogens is 2. The Kier molecular flexibility index (Phi) is 7.24. The zero-order valence-electron chi connectivity index (χ0n) is 18.6. The minimum Gasteiger partial charge on any atom is -0.463 e. The van der Waals surface area contributed by atoms with Crippen molar-refractivity contribution in [1.82, 2.24) is 20.4 Å². The molecule has 176 valence electrons. The molecule has 1 N–H and O–H groups in total. The topological polar surface area (TPSA) is 119 Å². The van der Waals surface area contributed by atoms with Crippen molar-refractivity contribution in [2.75, 3.05) is 6.54 Å². The van der Waals surface area contributed by atoms with Gasteiger partial charge in [0.05, 0.1) is 18.0 Å². The molecule has 4 rings (SSSR count). The van der Waals surface area contributed by atoms with Gasteiger partial charge in [0.2, 0.25) is 0 Å². The van der Waals surface area contributed by atoms with Crippen molar-refractivity contribution in [2.24, 2.45) is 0 Å². The maximum atomic E-state index is 12.4. The Balaban J connectivity index is 1.30. The molecule has 2 aromatic heterocycles. The number of piperidine rings is 1. The van der Waals surface area contributed by atoms with Crippen molar-refractivity contribution in [2.45, 2.75) is 62.4 Å². The van der Waals surface area contributed by atoms with Gasteiger partial charge in [-0.25, -0.2) is 8.42 Å². The van der Waals surface area contributed by atoms with Gasteiger partial charge in [-0.15, -0.1) is 0 Å². The molecular formula is C23H28N4O5S. The van der Waals surface area contributed by atoms with Gasteiger partial charge >= 0.3 is 11.8 Å². The highest BCUT2D eigenvalue weighted by atomic mass is 32.2. The van der Waals surface area contributed by atoms with E-state index in [9.17, 15) is 13.2 Å². The largest absolute Gasteiger partial charge is 0.463 e. The number of hydrogen-bond donors (Lipinski definition) is 1. The number of amides is 1. The first-order valence-electron chi connectivity index (χ1n) is 11.1. The SMILES string of the molecule is CCC1CCCCN1Cc1ccc(CNC(=O)c2nc(CS(=O)(=O)c3ccccc3)no2)o1. The molecule has 0 aliphatic carbocycles. The van der Waals surface area contributed by atoms with Crippen LogP contribution in [0.5, 0.6) is 0 Å². The van der Waals surface area contributed by atoms with E-state index in [4.69, 9.17) is 8.94 Å². The summed E-state index contributed by atoms with van der Waals surface area (Å²) in [6.45, 7) is 4.21. The lowest BCUT2D eigenvalue weighted by atomic mass is 10.00. The van der Waals surface area contributed by atoms with Crippen LogP contribution in [0, 0.1) is 0 Å². The summed E-state index contributed by atoms with van der Waals surface area (Å²) in [7, 11) is -3.63. The van der Waals surface area contributed by atoms with Crippen molar-refractivity contribution >= 4 is 15.7 Å². The molecule has 1 fully saturated rings. The fourth-order valence-electron chi connectivity index (χ4n) is 4.06. The predicted molar refractivity (Wildman–Crippen MR) is 120 cm³/mol. The van der Waals surface area contributed by atoms with Crippen LogP contribution in [0.2, 0.25) is 0 Å². The number of benzene rings is 1. The smallest absolute Gasteiger partial charge is 0.315 e. The quantitative estimate of drug-likeness (QED) is 0.504. The predicted octanol–water partition coefficient (Wildman–Crippen LogP) is 3.33. The number of sulfone groups is 1. The van der Waals surface area contributed by atoms with Gasteiger partial charge in [-0.2, -0.15) is 4.98 Å². The lowest BCUT2D eigenvalue weighted by Crippen LogP contribution is -2.38. The van der Waals surface area contributed by atoms with E-state index in [1.165, 1.54) is 31.4 Å². The third-order valence-corrected chi connectivity index (χ3v) is 7.43. The summed E-state index contributed by atoms with van der Waals surface area (Å²) in [6.07, 6.45) is 4.83. The van der Waals surface area contributed by atoms with Gasteiger partial charge in [-0.1, -0.05) is 36.7 Å². The maximum absolute atomic E-state index is 12.4. The first kappa shape index (κ1) is 23.2. The van der Waals surface area contributed by atoms with Crippen LogP contribution in [0.25, 0.3) is 0 Å². The lowest BCUT2D eigenvalue weighted by Gasteiger charge is -2.34. The number of rotatable bonds is 9. The Morgan fingerprint density at radius 1 is 1.15 bits per heavy atom. The zero-order chi connectivity index (χ0) is 23.3. The molecular weight excluding hydrogens is 444 g/mol. The average molecular weight is 473 g/mol. The second-order valence-corrected chi connectivity index (χ2v) is 10.2. The molecule has 0 spiro atoms. The fourth-order valence-corrected chi connectivity index (χ4v) is 5.26. The summed E-state index contributed by atoms with van der Waals surface area (Å²) in [4.78, 5) is 18.9. The number of nitrogens with one attached hydrogen (secondary N) is 1. The highest BCUT2D eigenvalue weighted by Gasteiger charge is 2.23. The number of carbonyl (C=O) groups excluding carboxylic acids is 1. The molecule has 0 radical (unpaired) electrons. The molecule has 1 amide bonds. The van der Waals surface area contributed by atoms with Crippen LogP contribution >= 0.6 is 0 Å². The fraction of sp³-hybridized carbons (Fsp3) is 0.435. The van der Waals surface area contributed by atoms with E-state index in [1.807, 2.05) is 12.1 Å². The Labute approximate surface area is 193 Å². The maximum Gasteiger partial charge on any atom is 0.315 e. The van der Waals surface area contributed by atoms with E-state index in [-0.39, 0.29) is 23.2 Å². The molecule has 33 heavy (non-hydrogen) atoms. The Bertz CT molecular complexity index is 1170. The van der Waals surface area contributed by atoms with Crippen LogP contribution in [-0.2, 0) is 28.7 Å². The third kappa shape index (κ3) is 5.88. The van der Waals surface area contributed by atoms with Crippen molar-refractivity contribution in [3.05, 3.63) is 65.7 Å². The van der Waals surface area contributed by atoms with Crippen LogP contribution in [-0.4, -0.2) is 42.0 Å². The molecule has 0 saturated carbocycles. The molecule has 0 bridgehead atoms. The molecule has 1 saturated heterocycles. The zero-order valence-corrected chi connectivity index (χ0v) is 19.4. The highest BCUT2D eigenvalue weighted by Crippen LogP contribution is 2.22. The Morgan fingerprint density at radius 2 is 1.94 bits per heavy atom. The Morgan fingerprint density at radius 3 is 2.73 bits per heavy atom. The summed E-state index contributed by atoms with van der Waals surface area (Å²) in [5, 5.41) is 6.30. The Hall–Kier alpha value is -2.98. The monoisotopic (exact) mass is 472 g/mol. The van der Waals surface area contributed by atoms with E-state index in [2.05, 4.69) is 27.3 Å². The summed E-state index contributed by atoms with van der Waals surface area (Å²) < 4.78 is 35.7. The number of carbonyl (C=O) groups is 1. The molecule has 1 aromatic carbocycles. The molecule has 10 heteroatoms. The number of likely N-dealkylation sites (tertiary alicyclic amines) is 1. The standard InChI is InChI=1S/C23H28N4O5S/c1-2-17-8-6-7-13-27(17)15-19-12-11-18(31-19)14-24-22(28)23-25-21(26-32-23)16-33(29,30)20-9-4-3-5-10-20/h3-5,9-12,17H,2,6-8,13-16H2,1H3,(H,24,28). The van der Waals surface area contributed by atoms with E-state index < -0.39 is 21.5 Å². The van der Waals surface area contributed by atoms with Crippen LogP contribution in [0.4, 0.5) is 0 Å². The van der Waals surface area contributed by atoms with Crippen molar-refractivity contribution in [3.63, 3.8) is 0 Å². The molecule has 3 heterocycles. The van der Waals surface area contributed by atoms with Crippen molar-refractivity contribution in [1.29, 1.82) is 0 Å².